The van der Waals surface area contributed by atoms with E-state index in [0.717, 1.165) is 11.3 Å². The first kappa shape index (κ1) is 32.2. The van der Waals surface area contributed by atoms with Crippen molar-refractivity contribution in [3.05, 3.63) is 66.0 Å². The number of cyclic esters (lactones) is 1. The number of pyridine rings is 1. The van der Waals surface area contributed by atoms with Gasteiger partial charge in [-0.05, 0) is 62.5 Å². The first-order chi connectivity index (χ1) is 17.5. The van der Waals surface area contributed by atoms with Gasteiger partial charge in [0.2, 0.25) is 0 Å². The summed E-state index contributed by atoms with van der Waals surface area (Å²) in [4.78, 5) is 17.6. The molecule has 0 radical (unpaired) electrons. The fraction of sp³-hybridized carbons (Fsp3) is 0.613. The molecule has 2 N–H and O–H groups in total. The predicted molar refractivity (Wildman–Crippen MR) is 156 cm³/mol. The Hall–Kier alpha value is -2.06. The van der Waals surface area contributed by atoms with Gasteiger partial charge in [0, 0.05) is 23.7 Å². The van der Waals surface area contributed by atoms with Gasteiger partial charge in [-0.25, -0.2) is 0 Å². The summed E-state index contributed by atoms with van der Waals surface area (Å²) in [5, 5.41) is 21.7. The van der Waals surface area contributed by atoms with Crippen LogP contribution in [0, 0.1) is 5.92 Å². The zero-order valence-corrected chi connectivity index (χ0v) is 25.8. The molecule has 1 aromatic heterocycles. The minimum Gasteiger partial charge on any atom is -0.457 e. The van der Waals surface area contributed by atoms with E-state index in [9.17, 15) is 15.0 Å². The van der Waals surface area contributed by atoms with Crippen LogP contribution in [-0.4, -0.2) is 53.4 Å². The Bertz CT molecular complexity index is 993. The SMILES string of the molecule is C/C(=C\C=C\[C@@H](C)c1ccccn1)[C@H]1OC(=O)C[C@H](O[Si](C)(C)C(C)(C)C)CC[C@@](C)(O)[C@@H](O)/C=C/[C@@H]1C. The molecule has 0 fully saturated rings. The molecular formula is C31H49NO5Si. The van der Waals surface area contributed by atoms with Crippen molar-refractivity contribution in [2.24, 2.45) is 5.92 Å². The first-order valence-corrected chi connectivity index (χ1v) is 16.7. The van der Waals surface area contributed by atoms with Crippen molar-refractivity contribution in [3.8, 4) is 0 Å². The van der Waals surface area contributed by atoms with Gasteiger partial charge in [-0.1, -0.05) is 71.1 Å². The number of carbonyl (C=O) groups is 1. The average molecular weight is 544 g/mol. The van der Waals surface area contributed by atoms with E-state index in [2.05, 4.69) is 51.8 Å². The summed E-state index contributed by atoms with van der Waals surface area (Å²) >= 11 is 0. The number of rotatable bonds is 6. The minimum atomic E-state index is -2.18. The van der Waals surface area contributed by atoms with Crippen LogP contribution in [0.25, 0.3) is 0 Å². The lowest BCUT2D eigenvalue weighted by Gasteiger charge is -2.40. The largest absolute Gasteiger partial charge is 0.457 e. The zero-order chi connectivity index (χ0) is 28.7. The summed E-state index contributed by atoms with van der Waals surface area (Å²) in [6.07, 6.45) is 10.1. The maximum atomic E-state index is 13.2. The van der Waals surface area contributed by atoms with Crippen LogP contribution in [0.2, 0.25) is 18.1 Å². The lowest BCUT2D eigenvalue weighted by atomic mass is 9.89. The smallest absolute Gasteiger partial charge is 0.308 e. The molecule has 1 aliphatic rings. The Labute approximate surface area is 231 Å². The van der Waals surface area contributed by atoms with Crippen molar-refractivity contribution in [2.45, 2.75) is 116 Å². The normalized spacial score (nSPS) is 30.3. The molecule has 0 saturated carbocycles. The van der Waals surface area contributed by atoms with E-state index in [4.69, 9.17) is 9.16 Å². The second kappa shape index (κ2) is 13.3. The number of ether oxygens (including phenoxy) is 1. The molecule has 0 amide bonds. The van der Waals surface area contributed by atoms with E-state index in [1.807, 2.05) is 50.3 Å². The number of allylic oxidation sites excluding steroid dienone is 3. The lowest BCUT2D eigenvalue weighted by molar-refractivity contribution is -0.151. The molecule has 2 rings (SSSR count). The highest BCUT2D eigenvalue weighted by Gasteiger charge is 2.41. The molecule has 0 aliphatic carbocycles. The molecule has 7 heteroatoms. The van der Waals surface area contributed by atoms with Gasteiger partial charge in [0.05, 0.1) is 18.1 Å². The third-order valence-electron chi connectivity index (χ3n) is 7.97. The van der Waals surface area contributed by atoms with Gasteiger partial charge in [-0.15, -0.1) is 0 Å². The van der Waals surface area contributed by atoms with E-state index >= 15 is 0 Å². The number of aromatic nitrogens is 1. The van der Waals surface area contributed by atoms with Gasteiger partial charge in [-0.2, -0.15) is 0 Å². The quantitative estimate of drug-likeness (QED) is 0.185. The fourth-order valence-corrected chi connectivity index (χ4v) is 5.58. The maximum absolute atomic E-state index is 13.2. The van der Waals surface area contributed by atoms with Gasteiger partial charge in [-0.3, -0.25) is 9.78 Å². The zero-order valence-electron chi connectivity index (χ0n) is 24.8. The van der Waals surface area contributed by atoms with Crippen molar-refractivity contribution in [3.63, 3.8) is 0 Å². The molecule has 0 saturated heterocycles. The summed E-state index contributed by atoms with van der Waals surface area (Å²) in [6, 6.07) is 5.87. The predicted octanol–water partition coefficient (Wildman–Crippen LogP) is 6.48. The minimum absolute atomic E-state index is 0.0273. The van der Waals surface area contributed by atoms with Crippen LogP contribution in [0.1, 0.15) is 79.3 Å². The molecule has 0 spiro atoms. The highest BCUT2D eigenvalue weighted by molar-refractivity contribution is 6.74. The van der Waals surface area contributed by atoms with Crippen LogP contribution in [0.15, 0.2) is 60.3 Å². The van der Waals surface area contributed by atoms with E-state index in [-0.39, 0.29) is 29.3 Å². The molecule has 1 aromatic rings. The number of hydrogen-bond donors (Lipinski definition) is 2. The molecule has 6 nitrogen and oxygen atoms in total. The van der Waals surface area contributed by atoms with Crippen molar-refractivity contribution >= 4 is 14.3 Å². The number of carbonyl (C=O) groups excluding carboxylic acids is 1. The van der Waals surface area contributed by atoms with Gasteiger partial charge < -0.3 is 19.4 Å². The Morgan fingerprint density at radius 3 is 2.58 bits per heavy atom. The van der Waals surface area contributed by atoms with Crippen molar-refractivity contribution < 1.29 is 24.2 Å². The summed E-state index contributed by atoms with van der Waals surface area (Å²) in [7, 11) is -2.18. The van der Waals surface area contributed by atoms with E-state index in [0.29, 0.717) is 12.8 Å². The number of hydrogen-bond acceptors (Lipinski definition) is 6. The Kier molecular flexibility index (Phi) is 11.3. The van der Waals surface area contributed by atoms with E-state index in [1.54, 1.807) is 19.2 Å². The lowest BCUT2D eigenvalue weighted by Crippen LogP contribution is -2.46. The third kappa shape index (κ3) is 9.29. The van der Waals surface area contributed by atoms with Crippen LogP contribution >= 0.6 is 0 Å². The summed E-state index contributed by atoms with van der Waals surface area (Å²) in [5.41, 5.74) is 0.538. The average Bonchev–Trinajstić information content (AvgIpc) is 2.83. The molecule has 0 aromatic carbocycles. The monoisotopic (exact) mass is 543 g/mol. The van der Waals surface area contributed by atoms with E-state index < -0.39 is 32.2 Å². The topological polar surface area (TPSA) is 88.9 Å². The van der Waals surface area contributed by atoms with Crippen LogP contribution in [0.3, 0.4) is 0 Å². The summed E-state index contributed by atoms with van der Waals surface area (Å²) in [5.74, 6) is -0.387. The number of nitrogens with zero attached hydrogens (tertiary/aromatic N) is 1. The first-order valence-electron chi connectivity index (χ1n) is 13.8. The van der Waals surface area contributed by atoms with Crippen molar-refractivity contribution in [2.75, 3.05) is 0 Å². The molecule has 38 heavy (non-hydrogen) atoms. The number of aliphatic hydroxyl groups is 2. The van der Waals surface area contributed by atoms with Gasteiger partial charge in [0.1, 0.15) is 12.2 Å². The van der Waals surface area contributed by atoms with E-state index in [1.165, 1.54) is 0 Å². The Morgan fingerprint density at radius 2 is 1.97 bits per heavy atom. The number of esters is 1. The molecule has 0 bridgehead atoms. The van der Waals surface area contributed by atoms with Crippen LogP contribution in [0.5, 0.6) is 0 Å². The van der Waals surface area contributed by atoms with Gasteiger partial charge in [0.15, 0.2) is 8.32 Å². The fourth-order valence-electron chi connectivity index (χ4n) is 4.19. The molecule has 1 aliphatic heterocycles. The highest BCUT2D eigenvalue weighted by Crippen LogP contribution is 2.39. The molecule has 6 atom stereocenters. The third-order valence-corrected chi connectivity index (χ3v) is 12.5. The number of aliphatic hydroxyl groups excluding tert-OH is 1. The van der Waals surface area contributed by atoms with Crippen molar-refractivity contribution in [1.82, 2.24) is 4.98 Å². The summed E-state index contributed by atoms with van der Waals surface area (Å²) < 4.78 is 12.6. The van der Waals surface area contributed by atoms with Crippen LogP contribution in [-0.2, 0) is 14.0 Å². The standard InChI is InChI=1S/C31H49NO5Si/c1-22(26-15-10-11-20-32-26)13-12-14-23(2)29-24(3)16-17-27(33)31(7,35)19-18-25(21-28(34)36-29)37-38(8,9)30(4,5)6/h10-17,20,22,24-25,27,29,33,35H,18-19,21H2,1-9H3/b13-12+,17-16+,23-14+/t22-,24+,25-,27+,29-,31-/m1/s1. The van der Waals surface area contributed by atoms with Crippen LogP contribution in [0.4, 0.5) is 0 Å². The molecular weight excluding hydrogens is 494 g/mol. The summed E-state index contributed by atoms with van der Waals surface area (Å²) in [6.45, 7) is 18.4. The van der Waals surface area contributed by atoms with Gasteiger partial charge in [0.25, 0.3) is 0 Å². The second-order valence-electron chi connectivity index (χ2n) is 12.5. The Morgan fingerprint density at radius 1 is 1.29 bits per heavy atom. The maximum Gasteiger partial charge on any atom is 0.308 e. The Balaban J connectivity index is 2.32. The highest BCUT2D eigenvalue weighted by atomic mass is 28.4. The van der Waals surface area contributed by atoms with Crippen molar-refractivity contribution in [1.29, 1.82) is 0 Å². The molecule has 212 valence electrons. The second-order valence-corrected chi connectivity index (χ2v) is 17.3. The van der Waals surface area contributed by atoms with Gasteiger partial charge >= 0.3 is 5.97 Å². The van der Waals surface area contributed by atoms with Crippen LogP contribution < -0.4 is 0 Å². The molecule has 0 unspecified atom stereocenters. The molecule has 2 heterocycles.